The Balaban J connectivity index is 1.85. The van der Waals surface area contributed by atoms with Crippen molar-refractivity contribution in [2.75, 3.05) is 0 Å². The quantitative estimate of drug-likeness (QED) is 0.544. The summed E-state index contributed by atoms with van der Waals surface area (Å²) in [5.41, 5.74) is 4.29. The van der Waals surface area contributed by atoms with Gasteiger partial charge in [-0.05, 0) is 42.0 Å². The lowest BCUT2D eigenvalue weighted by Crippen LogP contribution is -2.02. The highest BCUT2D eigenvalue weighted by atomic mass is 19.1. The van der Waals surface area contributed by atoms with E-state index >= 15 is 0 Å². The molecule has 0 saturated carbocycles. The van der Waals surface area contributed by atoms with E-state index in [-0.39, 0.29) is 5.82 Å². The average Bonchev–Trinajstić information content (AvgIpc) is 3.01. The monoisotopic (exact) mass is 327 g/mol. The molecule has 0 radical (unpaired) electrons. The number of hydrogen-bond acceptors (Lipinski definition) is 2. The van der Waals surface area contributed by atoms with Crippen molar-refractivity contribution in [1.82, 2.24) is 9.55 Å². The Morgan fingerprint density at radius 2 is 1.76 bits per heavy atom. The minimum Gasteiger partial charge on any atom is -0.319 e. The lowest BCUT2D eigenvalue weighted by Gasteiger charge is -2.10. The number of fused-ring (bicyclic) bond motifs is 1. The van der Waals surface area contributed by atoms with Crippen LogP contribution in [0, 0.1) is 17.1 Å². The van der Waals surface area contributed by atoms with Crippen molar-refractivity contribution >= 4 is 11.0 Å². The highest BCUT2D eigenvalue weighted by Gasteiger charge is 2.13. The van der Waals surface area contributed by atoms with Crippen molar-refractivity contribution in [1.29, 1.82) is 5.26 Å². The van der Waals surface area contributed by atoms with E-state index in [2.05, 4.69) is 10.6 Å². The SMILES string of the molecule is N#Cc1ccc(Cn2c(-c3cccc(F)c3)nc3ccccc32)cc1. The van der Waals surface area contributed by atoms with Crippen LogP contribution in [0.2, 0.25) is 0 Å². The predicted molar refractivity (Wildman–Crippen MR) is 95.4 cm³/mol. The molecule has 0 spiro atoms. The van der Waals surface area contributed by atoms with Crippen molar-refractivity contribution in [3.05, 3.63) is 89.7 Å². The van der Waals surface area contributed by atoms with Crippen LogP contribution in [0.3, 0.4) is 0 Å². The zero-order valence-corrected chi connectivity index (χ0v) is 13.4. The van der Waals surface area contributed by atoms with Crippen LogP contribution in [0.25, 0.3) is 22.4 Å². The van der Waals surface area contributed by atoms with Crippen molar-refractivity contribution in [3.8, 4) is 17.5 Å². The molecule has 4 heteroatoms. The highest BCUT2D eigenvalue weighted by Crippen LogP contribution is 2.26. The summed E-state index contributed by atoms with van der Waals surface area (Å²) in [6, 6.07) is 23.9. The predicted octanol–water partition coefficient (Wildman–Crippen LogP) is 4.76. The molecule has 0 atom stereocenters. The van der Waals surface area contributed by atoms with Gasteiger partial charge < -0.3 is 4.57 Å². The fourth-order valence-corrected chi connectivity index (χ4v) is 2.95. The number of halogens is 1. The summed E-state index contributed by atoms with van der Waals surface area (Å²) in [6.45, 7) is 0.595. The molecular weight excluding hydrogens is 313 g/mol. The van der Waals surface area contributed by atoms with Gasteiger partial charge in [0.25, 0.3) is 0 Å². The number of nitriles is 1. The molecule has 4 rings (SSSR count). The Morgan fingerprint density at radius 3 is 2.52 bits per heavy atom. The van der Waals surface area contributed by atoms with Crippen molar-refractivity contribution in [3.63, 3.8) is 0 Å². The van der Waals surface area contributed by atoms with Crippen LogP contribution >= 0.6 is 0 Å². The number of aromatic nitrogens is 2. The number of para-hydroxylation sites is 2. The van der Waals surface area contributed by atoms with E-state index in [1.54, 1.807) is 18.2 Å². The maximum Gasteiger partial charge on any atom is 0.141 e. The first kappa shape index (κ1) is 15.1. The van der Waals surface area contributed by atoms with Gasteiger partial charge in [0.1, 0.15) is 11.6 Å². The summed E-state index contributed by atoms with van der Waals surface area (Å²) in [7, 11) is 0. The topological polar surface area (TPSA) is 41.6 Å². The summed E-state index contributed by atoms with van der Waals surface area (Å²) < 4.78 is 15.8. The third-order valence-corrected chi connectivity index (χ3v) is 4.16. The zero-order valence-electron chi connectivity index (χ0n) is 13.4. The van der Waals surface area contributed by atoms with Crippen LogP contribution in [0.4, 0.5) is 4.39 Å². The second-order valence-corrected chi connectivity index (χ2v) is 5.83. The molecule has 0 saturated heterocycles. The van der Waals surface area contributed by atoms with Crippen LogP contribution in [-0.4, -0.2) is 9.55 Å². The molecule has 0 aliphatic carbocycles. The van der Waals surface area contributed by atoms with Gasteiger partial charge in [0.05, 0.1) is 22.7 Å². The van der Waals surface area contributed by atoms with Gasteiger partial charge in [-0.1, -0.05) is 36.4 Å². The first-order chi connectivity index (χ1) is 12.2. The van der Waals surface area contributed by atoms with Crippen LogP contribution in [0.15, 0.2) is 72.8 Å². The molecule has 0 fully saturated rings. The highest BCUT2D eigenvalue weighted by molar-refractivity contribution is 5.80. The van der Waals surface area contributed by atoms with Crippen molar-refractivity contribution in [2.24, 2.45) is 0 Å². The van der Waals surface area contributed by atoms with Gasteiger partial charge in [-0.25, -0.2) is 9.37 Å². The van der Waals surface area contributed by atoms with Gasteiger partial charge in [0, 0.05) is 12.1 Å². The summed E-state index contributed by atoms with van der Waals surface area (Å²) in [5, 5.41) is 8.94. The Morgan fingerprint density at radius 1 is 0.960 bits per heavy atom. The fraction of sp³-hybridized carbons (Fsp3) is 0.0476. The molecule has 120 valence electrons. The fourth-order valence-electron chi connectivity index (χ4n) is 2.95. The normalized spacial score (nSPS) is 10.7. The summed E-state index contributed by atoms with van der Waals surface area (Å²) >= 11 is 0. The third kappa shape index (κ3) is 2.88. The molecule has 0 N–H and O–H groups in total. The molecule has 0 aliphatic rings. The molecule has 1 heterocycles. The maximum atomic E-state index is 13.7. The first-order valence-electron chi connectivity index (χ1n) is 7.95. The molecule has 3 nitrogen and oxygen atoms in total. The minimum absolute atomic E-state index is 0.283. The number of imidazole rings is 1. The lowest BCUT2D eigenvalue weighted by atomic mass is 10.1. The van der Waals surface area contributed by atoms with Gasteiger partial charge in [0.2, 0.25) is 0 Å². The molecule has 0 amide bonds. The smallest absolute Gasteiger partial charge is 0.141 e. The maximum absolute atomic E-state index is 13.7. The van der Waals surface area contributed by atoms with Crippen molar-refractivity contribution in [2.45, 2.75) is 6.54 Å². The van der Waals surface area contributed by atoms with Gasteiger partial charge in [-0.15, -0.1) is 0 Å². The Hall–Kier alpha value is -3.45. The largest absolute Gasteiger partial charge is 0.319 e. The lowest BCUT2D eigenvalue weighted by molar-refractivity contribution is 0.628. The van der Waals surface area contributed by atoms with E-state index < -0.39 is 0 Å². The summed E-state index contributed by atoms with van der Waals surface area (Å²) in [4.78, 5) is 4.70. The molecular formula is C21H14FN3. The van der Waals surface area contributed by atoms with Crippen LogP contribution in [0.1, 0.15) is 11.1 Å². The molecule has 25 heavy (non-hydrogen) atoms. The molecule has 3 aromatic carbocycles. The number of hydrogen-bond donors (Lipinski definition) is 0. The van der Waals surface area contributed by atoms with Crippen LogP contribution in [0.5, 0.6) is 0 Å². The van der Waals surface area contributed by atoms with E-state index in [9.17, 15) is 4.39 Å². The van der Waals surface area contributed by atoms with Gasteiger partial charge in [-0.2, -0.15) is 5.26 Å². The van der Waals surface area contributed by atoms with E-state index in [0.29, 0.717) is 12.1 Å². The zero-order chi connectivity index (χ0) is 17.2. The molecule has 1 aromatic heterocycles. The van der Waals surface area contributed by atoms with Crippen molar-refractivity contribution < 1.29 is 4.39 Å². The Bertz CT molecular complexity index is 1090. The van der Waals surface area contributed by atoms with Crippen LogP contribution in [-0.2, 0) is 6.54 Å². The summed E-state index contributed by atoms with van der Waals surface area (Å²) in [5.74, 6) is 0.444. The number of benzene rings is 3. The average molecular weight is 327 g/mol. The second-order valence-electron chi connectivity index (χ2n) is 5.83. The molecule has 0 bridgehead atoms. The van der Waals surface area contributed by atoms with Gasteiger partial charge in [0.15, 0.2) is 0 Å². The van der Waals surface area contributed by atoms with Crippen LogP contribution < -0.4 is 0 Å². The third-order valence-electron chi connectivity index (χ3n) is 4.16. The summed E-state index contributed by atoms with van der Waals surface area (Å²) in [6.07, 6.45) is 0. The van der Waals surface area contributed by atoms with E-state index in [1.807, 2.05) is 42.5 Å². The van der Waals surface area contributed by atoms with E-state index in [0.717, 1.165) is 28.0 Å². The molecule has 0 aliphatic heterocycles. The molecule has 0 unspecified atom stereocenters. The molecule has 4 aromatic rings. The Kier molecular flexibility index (Phi) is 3.75. The minimum atomic E-state index is -0.283. The van der Waals surface area contributed by atoms with Gasteiger partial charge >= 0.3 is 0 Å². The number of rotatable bonds is 3. The standard InChI is InChI=1S/C21H14FN3/c22-18-5-3-4-17(12-18)21-24-19-6-1-2-7-20(19)25(21)14-16-10-8-15(13-23)9-11-16/h1-12H,14H2. The van der Waals surface area contributed by atoms with E-state index in [4.69, 9.17) is 10.2 Å². The van der Waals surface area contributed by atoms with Gasteiger partial charge in [-0.3, -0.25) is 0 Å². The first-order valence-corrected chi connectivity index (χ1v) is 7.95. The second kappa shape index (κ2) is 6.21. The number of nitrogens with zero attached hydrogens (tertiary/aromatic N) is 3. The van der Waals surface area contributed by atoms with E-state index in [1.165, 1.54) is 12.1 Å². The Labute approximate surface area is 144 Å².